The Hall–Kier alpha value is -3.71. The van der Waals surface area contributed by atoms with Gasteiger partial charge in [0.25, 0.3) is 0 Å². The number of hydrogen-bond acceptors (Lipinski definition) is 3. The number of aromatic nitrogens is 1. The summed E-state index contributed by atoms with van der Waals surface area (Å²) in [7, 11) is 0. The molecule has 0 atom stereocenters. The molecule has 7 heteroatoms. The van der Waals surface area contributed by atoms with Crippen molar-refractivity contribution in [1.29, 1.82) is 0 Å². The number of anilines is 1. The van der Waals surface area contributed by atoms with Crippen LogP contribution in [0.15, 0.2) is 78.9 Å². The molecule has 0 aliphatic heterocycles. The fourth-order valence-electron chi connectivity index (χ4n) is 5.65. The van der Waals surface area contributed by atoms with E-state index in [0.29, 0.717) is 29.9 Å². The van der Waals surface area contributed by atoms with Crippen LogP contribution in [-0.4, -0.2) is 16.6 Å². The van der Waals surface area contributed by atoms with Crippen molar-refractivity contribution >= 4 is 5.82 Å². The highest BCUT2D eigenvalue weighted by Crippen LogP contribution is 2.42. The summed E-state index contributed by atoms with van der Waals surface area (Å²) in [5, 5.41) is 14.1. The van der Waals surface area contributed by atoms with Gasteiger partial charge < -0.3 is 10.4 Å². The number of rotatable bonds is 9. The molecule has 4 aromatic rings. The Balaban J connectivity index is 1.61. The van der Waals surface area contributed by atoms with Gasteiger partial charge in [-0.25, -0.2) is 9.37 Å². The molecule has 208 valence electrons. The van der Waals surface area contributed by atoms with Crippen molar-refractivity contribution in [2.75, 3.05) is 11.9 Å². The highest BCUT2D eigenvalue weighted by molar-refractivity contribution is 5.77. The Bertz CT molecular complexity index is 1410. The molecule has 3 nitrogen and oxygen atoms in total. The quantitative estimate of drug-likeness (QED) is 0.207. The number of aliphatic hydroxyl groups excluding tert-OH is 1. The van der Waals surface area contributed by atoms with E-state index < -0.39 is 11.7 Å². The molecule has 0 saturated heterocycles. The maximum atomic E-state index is 13.9. The highest BCUT2D eigenvalue weighted by atomic mass is 19.4. The third kappa shape index (κ3) is 6.36. The molecule has 0 unspecified atom stereocenters. The zero-order valence-electron chi connectivity index (χ0n) is 22.1. The molecule has 1 fully saturated rings. The zero-order valence-corrected chi connectivity index (χ0v) is 22.1. The van der Waals surface area contributed by atoms with Crippen molar-refractivity contribution in [3.63, 3.8) is 0 Å². The summed E-state index contributed by atoms with van der Waals surface area (Å²) in [6.45, 7) is 0.313. The first kappa shape index (κ1) is 27.8. The summed E-state index contributed by atoms with van der Waals surface area (Å²) >= 11 is 0. The van der Waals surface area contributed by atoms with Gasteiger partial charge >= 0.3 is 6.18 Å². The van der Waals surface area contributed by atoms with Crippen LogP contribution in [0.4, 0.5) is 23.4 Å². The van der Waals surface area contributed by atoms with Crippen molar-refractivity contribution in [2.45, 2.75) is 57.2 Å². The Kier molecular flexibility index (Phi) is 8.50. The maximum absolute atomic E-state index is 13.9. The van der Waals surface area contributed by atoms with Gasteiger partial charge in [-0.15, -0.1) is 0 Å². The van der Waals surface area contributed by atoms with E-state index in [1.165, 1.54) is 29.8 Å². The van der Waals surface area contributed by atoms with Gasteiger partial charge in [-0.05, 0) is 77.8 Å². The van der Waals surface area contributed by atoms with E-state index >= 15 is 0 Å². The van der Waals surface area contributed by atoms with Crippen molar-refractivity contribution in [3.8, 4) is 11.1 Å². The second-order valence-electron chi connectivity index (χ2n) is 10.4. The molecule has 0 bridgehead atoms. The van der Waals surface area contributed by atoms with Crippen molar-refractivity contribution in [3.05, 3.63) is 118 Å². The van der Waals surface area contributed by atoms with E-state index in [9.17, 15) is 22.7 Å². The molecule has 3 aromatic carbocycles. The average molecular weight is 549 g/mol. The monoisotopic (exact) mass is 548 g/mol. The summed E-state index contributed by atoms with van der Waals surface area (Å²) in [6, 6.07) is 21.4. The van der Waals surface area contributed by atoms with Gasteiger partial charge in [0.15, 0.2) is 0 Å². The average Bonchev–Trinajstić information content (AvgIpc) is 3.49. The number of alkyl halides is 3. The normalized spacial score (nSPS) is 14.0. The molecule has 1 aromatic heterocycles. The maximum Gasteiger partial charge on any atom is 0.416 e. The van der Waals surface area contributed by atoms with Gasteiger partial charge in [-0.3, -0.25) is 0 Å². The van der Waals surface area contributed by atoms with Crippen molar-refractivity contribution in [1.82, 2.24) is 4.98 Å². The number of nitrogens with zero attached hydrogens (tertiary/aromatic N) is 1. The summed E-state index contributed by atoms with van der Waals surface area (Å²) in [6.07, 6.45) is 0.806. The second-order valence-corrected chi connectivity index (χ2v) is 10.4. The van der Waals surface area contributed by atoms with E-state index in [0.717, 1.165) is 66.6 Å². The number of nitrogens with one attached hydrogen (secondary N) is 1. The zero-order chi connectivity index (χ0) is 28.1. The Labute approximate surface area is 231 Å². The summed E-state index contributed by atoms with van der Waals surface area (Å²) < 4.78 is 53.6. The third-order valence-electron chi connectivity index (χ3n) is 7.67. The van der Waals surface area contributed by atoms with Gasteiger partial charge in [0.1, 0.15) is 11.6 Å². The van der Waals surface area contributed by atoms with Crippen molar-refractivity contribution < 1.29 is 22.7 Å². The second kappa shape index (κ2) is 12.2. The minimum absolute atomic E-state index is 0.200. The molecule has 2 N–H and O–H groups in total. The fraction of sp³-hybridized carbons (Fsp3) is 0.303. The van der Waals surface area contributed by atoms with Crippen LogP contribution in [0.25, 0.3) is 11.1 Å². The minimum atomic E-state index is -4.41. The van der Waals surface area contributed by atoms with Gasteiger partial charge in [-0.1, -0.05) is 67.4 Å². The molecule has 40 heavy (non-hydrogen) atoms. The number of hydrogen-bond donors (Lipinski definition) is 2. The Morgan fingerprint density at radius 2 is 1.50 bits per heavy atom. The van der Waals surface area contributed by atoms with E-state index in [4.69, 9.17) is 4.98 Å². The van der Waals surface area contributed by atoms with Crippen LogP contribution in [0.1, 0.15) is 65.1 Å². The molecular formula is C33H32F4N2O. The molecule has 0 spiro atoms. The Morgan fingerprint density at radius 1 is 0.825 bits per heavy atom. The largest absolute Gasteiger partial charge is 0.416 e. The van der Waals surface area contributed by atoms with Gasteiger partial charge in [0.2, 0.25) is 0 Å². The first-order valence-electron chi connectivity index (χ1n) is 13.7. The SMILES string of the molecule is OCc1c(NCCc2ccccc2)nc(C2CCCC2)c(Cc2ccc(C(F)(F)F)cc2)c1-c1ccc(F)cc1. The first-order valence-corrected chi connectivity index (χ1v) is 13.7. The van der Waals surface area contributed by atoms with E-state index in [-0.39, 0.29) is 18.3 Å². The molecular weight excluding hydrogens is 516 g/mol. The lowest BCUT2D eigenvalue weighted by Crippen LogP contribution is -2.15. The smallest absolute Gasteiger partial charge is 0.392 e. The predicted molar refractivity (Wildman–Crippen MR) is 150 cm³/mol. The van der Waals surface area contributed by atoms with Crippen LogP contribution >= 0.6 is 0 Å². The van der Waals surface area contributed by atoms with Crippen LogP contribution < -0.4 is 5.32 Å². The first-order chi connectivity index (χ1) is 19.3. The van der Waals surface area contributed by atoms with E-state index in [2.05, 4.69) is 17.4 Å². The van der Waals surface area contributed by atoms with Crippen molar-refractivity contribution in [2.24, 2.45) is 0 Å². The molecule has 0 amide bonds. The van der Waals surface area contributed by atoms with Crippen LogP contribution in [0, 0.1) is 5.82 Å². The predicted octanol–water partition coefficient (Wildman–Crippen LogP) is 8.30. The lowest BCUT2D eigenvalue weighted by molar-refractivity contribution is -0.137. The van der Waals surface area contributed by atoms with Crippen LogP contribution in [-0.2, 0) is 25.6 Å². The standard InChI is InChI=1S/C33H32F4N2O/c34-27-16-12-24(13-17-27)30-28(20-23-10-14-26(15-11-23)33(35,36)37)31(25-8-4-5-9-25)39-32(29(30)21-40)38-19-18-22-6-2-1-3-7-22/h1-3,6-7,10-17,25,40H,4-5,8-9,18-21H2,(H,38,39). The van der Waals surface area contributed by atoms with E-state index in [1.54, 1.807) is 12.1 Å². The lowest BCUT2D eigenvalue weighted by Gasteiger charge is -2.24. The van der Waals surface area contributed by atoms with Crippen LogP contribution in [0.3, 0.4) is 0 Å². The topological polar surface area (TPSA) is 45.1 Å². The summed E-state index contributed by atoms with van der Waals surface area (Å²) in [5.41, 5.74) is 5.07. The Morgan fingerprint density at radius 3 is 2.12 bits per heavy atom. The number of benzene rings is 3. The molecule has 1 heterocycles. The summed E-state index contributed by atoms with van der Waals surface area (Å²) in [5.74, 6) is 0.423. The molecule has 1 aliphatic rings. The van der Waals surface area contributed by atoms with Crippen LogP contribution in [0.5, 0.6) is 0 Å². The molecule has 0 radical (unpaired) electrons. The molecule has 1 aliphatic carbocycles. The van der Waals surface area contributed by atoms with Gasteiger partial charge in [0.05, 0.1) is 17.9 Å². The number of pyridine rings is 1. The number of halogens is 4. The summed E-state index contributed by atoms with van der Waals surface area (Å²) in [4.78, 5) is 5.09. The molecule has 5 rings (SSSR count). The third-order valence-corrected chi connectivity index (χ3v) is 7.67. The number of aliphatic hydroxyl groups is 1. The highest BCUT2D eigenvalue weighted by Gasteiger charge is 2.31. The van der Waals surface area contributed by atoms with E-state index in [1.807, 2.05) is 18.2 Å². The van der Waals surface area contributed by atoms with Crippen LogP contribution in [0.2, 0.25) is 0 Å². The van der Waals surface area contributed by atoms with Gasteiger partial charge in [0, 0.05) is 18.0 Å². The fourth-order valence-corrected chi connectivity index (χ4v) is 5.65. The minimum Gasteiger partial charge on any atom is -0.392 e. The molecule has 1 saturated carbocycles. The van der Waals surface area contributed by atoms with Gasteiger partial charge in [-0.2, -0.15) is 13.2 Å². The lowest BCUT2D eigenvalue weighted by atomic mass is 9.86.